The Morgan fingerprint density at radius 1 is 1.17 bits per heavy atom. The number of ether oxygens (including phenoxy) is 1. The van der Waals surface area contributed by atoms with E-state index in [2.05, 4.69) is 15.1 Å². The molecule has 10 heteroatoms. The number of aliphatic imine (C=N–C) groups is 1. The van der Waals surface area contributed by atoms with Gasteiger partial charge in [-0.2, -0.15) is 10.4 Å². The van der Waals surface area contributed by atoms with E-state index in [4.69, 9.17) is 32.4 Å². The molecule has 0 N–H and O–H groups in total. The zero-order valence-electron chi connectivity index (χ0n) is 19.2. The van der Waals surface area contributed by atoms with Crippen LogP contribution in [0.4, 0.5) is 0 Å². The average Bonchev–Trinajstić information content (AvgIpc) is 3.29. The molecule has 0 aliphatic carbocycles. The molecule has 0 amide bonds. The molecule has 1 aliphatic heterocycles. The van der Waals surface area contributed by atoms with Crippen LogP contribution < -0.4 is 5.63 Å². The number of halogens is 2. The topological polar surface area (TPSA) is 106 Å². The van der Waals surface area contributed by atoms with E-state index in [-0.39, 0.29) is 17.9 Å². The molecule has 0 radical (unpaired) electrons. The van der Waals surface area contributed by atoms with Gasteiger partial charge >= 0.3 is 5.63 Å². The summed E-state index contributed by atoms with van der Waals surface area (Å²) in [4.78, 5) is 22.0. The minimum atomic E-state index is -0.601. The molecule has 8 nitrogen and oxygen atoms in total. The van der Waals surface area contributed by atoms with Crippen molar-refractivity contribution in [1.82, 2.24) is 14.8 Å². The highest BCUT2D eigenvalue weighted by Gasteiger charge is 2.22. The van der Waals surface area contributed by atoms with Gasteiger partial charge in [-0.3, -0.25) is 4.99 Å². The van der Waals surface area contributed by atoms with Crippen molar-refractivity contribution in [1.29, 1.82) is 5.26 Å². The maximum atomic E-state index is 12.9. The lowest BCUT2D eigenvalue weighted by molar-refractivity contribution is 0.104. The maximum Gasteiger partial charge on any atom is 0.347 e. The van der Waals surface area contributed by atoms with E-state index in [0.29, 0.717) is 57.1 Å². The Morgan fingerprint density at radius 3 is 2.72 bits per heavy atom. The van der Waals surface area contributed by atoms with Crippen molar-refractivity contribution in [2.45, 2.75) is 26.6 Å². The van der Waals surface area contributed by atoms with Crippen molar-refractivity contribution >= 4 is 39.9 Å². The number of benzene rings is 2. The van der Waals surface area contributed by atoms with Crippen LogP contribution in [0.1, 0.15) is 28.8 Å². The fraction of sp³-hybridized carbons (Fsp3) is 0.192. The normalized spacial score (nSPS) is 13.4. The molecule has 0 atom stereocenters. The zero-order chi connectivity index (χ0) is 25.2. The highest BCUT2D eigenvalue weighted by Crippen LogP contribution is 2.25. The molecule has 3 heterocycles. The summed E-state index contributed by atoms with van der Waals surface area (Å²) in [6.07, 6.45) is 2.59. The van der Waals surface area contributed by atoms with E-state index >= 15 is 0 Å². The van der Waals surface area contributed by atoms with Crippen molar-refractivity contribution in [3.8, 4) is 17.7 Å². The maximum absolute atomic E-state index is 12.9. The molecule has 0 bridgehead atoms. The van der Waals surface area contributed by atoms with Gasteiger partial charge in [-0.15, -0.1) is 0 Å². The number of fused-ring (bicyclic) bond motifs is 1. The minimum absolute atomic E-state index is 0.0644. The van der Waals surface area contributed by atoms with Crippen molar-refractivity contribution in [3.63, 3.8) is 0 Å². The molecule has 36 heavy (non-hydrogen) atoms. The van der Waals surface area contributed by atoms with Gasteiger partial charge in [0.05, 0.1) is 46.5 Å². The van der Waals surface area contributed by atoms with Crippen LogP contribution in [0, 0.1) is 18.3 Å². The molecule has 0 spiro atoms. The number of hydrogen-bond donors (Lipinski definition) is 0. The molecule has 0 saturated heterocycles. The summed E-state index contributed by atoms with van der Waals surface area (Å²) in [5.74, 6) is 0.498. The monoisotopic (exact) mass is 519 g/mol. The van der Waals surface area contributed by atoms with Gasteiger partial charge in [-0.1, -0.05) is 41.4 Å². The van der Waals surface area contributed by atoms with Crippen LogP contribution in [0.5, 0.6) is 0 Å². The first-order valence-corrected chi connectivity index (χ1v) is 11.9. The van der Waals surface area contributed by atoms with Crippen LogP contribution in [0.2, 0.25) is 5.02 Å². The van der Waals surface area contributed by atoms with Crippen LogP contribution >= 0.6 is 23.2 Å². The molecule has 0 fully saturated rings. The number of nitriles is 1. The molecule has 180 valence electrons. The number of allylic oxidation sites excluding steroid dienone is 1. The van der Waals surface area contributed by atoms with Crippen molar-refractivity contribution in [3.05, 3.63) is 91.4 Å². The first kappa shape index (κ1) is 23.9. The smallest absolute Gasteiger partial charge is 0.347 e. The fourth-order valence-corrected chi connectivity index (χ4v) is 4.26. The second-order valence-electron chi connectivity index (χ2n) is 8.21. The third-order valence-electron chi connectivity index (χ3n) is 5.59. The lowest BCUT2D eigenvalue weighted by Crippen LogP contribution is -2.19. The first-order chi connectivity index (χ1) is 17.4. The predicted octanol–water partition coefficient (Wildman–Crippen LogP) is 5.37. The largest absolute Gasteiger partial charge is 0.401 e. The summed E-state index contributed by atoms with van der Waals surface area (Å²) in [5.41, 5.74) is 2.85. The summed E-state index contributed by atoms with van der Waals surface area (Å²) >= 11 is 12.4. The van der Waals surface area contributed by atoms with Gasteiger partial charge in [0, 0.05) is 11.6 Å². The van der Waals surface area contributed by atoms with Gasteiger partial charge < -0.3 is 9.15 Å². The predicted molar refractivity (Wildman–Crippen MR) is 137 cm³/mol. The third-order valence-corrected chi connectivity index (χ3v) is 6.17. The molecule has 0 saturated carbocycles. The summed E-state index contributed by atoms with van der Waals surface area (Å²) in [6.45, 7) is 2.90. The number of hydrogen-bond acceptors (Lipinski definition) is 7. The Morgan fingerprint density at radius 2 is 1.97 bits per heavy atom. The Kier molecular flexibility index (Phi) is 6.70. The first-order valence-electron chi connectivity index (χ1n) is 11.1. The van der Waals surface area contributed by atoms with Crippen LogP contribution in [-0.4, -0.2) is 27.1 Å². The fourth-order valence-electron chi connectivity index (χ4n) is 3.89. The standard InChI is InChI=1S/C26H19Cl2N5O3/c1-15-9-17(12-29)10-20-23(15)31-25(36-26(20)34)22-11-19(14-35-13-16-4-6-18(27)7-5-16)32-33(22)24-21(28)3-2-8-30-24/h3-7,9-11H,2,8,13-14H2,1H3. The lowest BCUT2D eigenvalue weighted by atomic mass is 10.1. The Bertz CT molecular complexity index is 1630. The summed E-state index contributed by atoms with van der Waals surface area (Å²) in [5, 5.41) is 15.2. The third kappa shape index (κ3) is 4.82. The van der Waals surface area contributed by atoms with Crippen LogP contribution in [0.3, 0.4) is 0 Å². The summed E-state index contributed by atoms with van der Waals surface area (Å²) in [7, 11) is 0. The van der Waals surface area contributed by atoms with Gasteiger partial charge in [0.2, 0.25) is 5.89 Å². The Balaban J connectivity index is 1.54. The van der Waals surface area contributed by atoms with Crippen LogP contribution in [-0.2, 0) is 18.0 Å². The number of aryl methyl sites for hydroxylation is 1. The second kappa shape index (κ2) is 10.1. The van der Waals surface area contributed by atoms with Crippen molar-refractivity contribution in [2.24, 2.45) is 4.99 Å². The van der Waals surface area contributed by atoms with Gasteiger partial charge in [-0.05, 0) is 54.8 Å². The van der Waals surface area contributed by atoms with E-state index in [1.807, 2.05) is 24.3 Å². The van der Waals surface area contributed by atoms with E-state index in [9.17, 15) is 10.1 Å². The molecular formula is C26H19Cl2N5O3. The van der Waals surface area contributed by atoms with Gasteiger partial charge in [0.1, 0.15) is 5.69 Å². The second-order valence-corrected chi connectivity index (χ2v) is 9.05. The van der Waals surface area contributed by atoms with Crippen molar-refractivity contribution in [2.75, 3.05) is 6.54 Å². The number of nitrogens with zero attached hydrogens (tertiary/aromatic N) is 5. The van der Waals surface area contributed by atoms with E-state index in [0.717, 1.165) is 12.0 Å². The van der Waals surface area contributed by atoms with Crippen LogP contribution in [0.15, 0.2) is 67.8 Å². The highest BCUT2D eigenvalue weighted by atomic mass is 35.5. The number of dihydropyridines is 1. The molecule has 0 unspecified atom stereocenters. The Hall–Kier alpha value is -3.77. The average molecular weight is 520 g/mol. The van der Waals surface area contributed by atoms with E-state index < -0.39 is 5.63 Å². The minimum Gasteiger partial charge on any atom is -0.401 e. The quantitative estimate of drug-likeness (QED) is 0.350. The zero-order valence-corrected chi connectivity index (χ0v) is 20.7. The molecular weight excluding hydrogens is 501 g/mol. The summed E-state index contributed by atoms with van der Waals surface area (Å²) < 4.78 is 13.0. The van der Waals surface area contributed by atoms with Crippen LogP contribution in [0.25, 0.3) is 22.5 Å². The molecule has 2 aromatic heterocycles. The Labute approximate surface area is 216 Å². The molecule has 2 aromatic carbocycles. The number of aromatic nitrogens is 3. The van der Waals surface area contributed by atoms with Gasteiger partial charge in [0.25, 0.3) is 0 Å². The molecule has 4 aromatic rings. The summed E-state index contributed by atoms with van der Waals surface area (Å²) in [6, 6.07) is 14.3. The highest BCUT2D eigenvalue weighted by molar-refractivity contribution is 6.43. The van der Waals surface area contributed by atoms with E-state index in [1.165, 1.54) is 10.7 Å². The van der Waals surface area contributed by atoms with Crippen molar-refractivity contribution < 1.29 is 9.15 Å². The molecule has 1 aliphatic rings. The van der Waals surface area contributed by atoms with Gasteiger partial charge in [-0.25, -0.2) is 14.5 Å². The SMILES string of the molecule is Cc1cc(C#N)cc2c(=O)oc(-c3cc(COCc4ccc(Cl)cc4)nn3C3=NCCC=C3Cl)nc12. The van der Waals surface area contributed by atoms with Gasteiger partial charge in [0.15, 0.2) is 5.84 Å². The number of rotatable bonds is 5. The lowest BCUT2D eigenvalue weighted by Gasteiger charge is -2.12. The molecule has 5 rings (SSSR count). The van der Waals surface area contributed by atoms with E-state index in [1.54, 1.807) is 31.2 Å².